The van der Waals surface area contributed by atoms with Gasteiger partial charge in [-0.1, -0.05) is 6.92 Å². The van der Waals surface area contributed by atoms with Crippen molar-refractivity contribution in [3.63, 3.8) is 0 Å². The van der Waals surface area contributed by atoms with Gasteiger partial charge in [-0.15, -0.1) is 0 Å². The molecule has 5 heteroatoms. The minimum atomic E-state index is 0.311. The standard InChI is InChI=1S/C12H21N3OS/c1-3-13-10(11-9-17-7-6-16-11)8-12-14-4-5-15(12)2/h4-5,10-11,13H,3,6-9H2,1-2H3. The summed E-state index contributed by atoms with van der Waals surface area (Å²) in [5.74, 6) is 3.33. The van der Waals surface area contributed by atoms with E-state index in [4.69, 9.17) is 4.74 Å². The molecule has 1 aromatic heterocycles. The minimum Gasteiger partial charge on any atom is -0.375 e. The molecule has 1 aromatic rings. The number of nitrogens with zero attached hydrogens (tertiary/aromatic N) is 2. The van der Waals surface area contributed by atoms with Gasteiger partial charge in [0.2, 0.25) is 0 Å². The fourth-order valence-electron chi connectivity index (χ4n) is 2.13. The van der Waals surface area contributed by atoms with Crippen LogP contribution < -0.4 is 5.32 Å². The molecule has 2 rings (SSSR count). The number of nitrogens with one attached hydrogen (secondary N) is 1. The molecule has 1 aliphatic rings. The molecule has 4 nitrogen and oxygen atoms in total. The van der Waals surface area contributed by atoms with Crippen LogP contribution >= 0.6 is 11.8 Å². The summed E-state index contributed by atoms with van der Waals surface area (Å²) < 4.78 is 7.94. The average Bonchev–Trinajstić information content (AvgIpc) is 2.76. The quantitative estimate of drug-likeness (QED) is 0.854. The molecule has 2 unspecified atom stereocenters. The van der Waals surface area contributed by atoms with Crippen LogP contribution in [-0.2, 0) is 18.2 Å². The largest absolute Gasteiger partial charge is 0.375 e. The summed E-state index contributed by atoms with van der Waals surface area (Å²) in [5, 5.41) is 3.53. The molecule has 0 saturated carbocycles. The number of thioether (sulfide) groups is 1. The van der Waals surface area contributed by atoms with E-state index in [9.17, 15) is 0 Å². The Labute approximate surface area is 107 Å². The number of hydrogen-bond acceptors (Lipinski definition) is 4. The van der Waals surface area contributed by atoms with Gasteiger partial charge in [0.15, 0.2) is 0 Å². The zero-order chi connectivity index (χ0) is 12.1. The third-order valence-electron chi connectivity index (χ3n) is 3.08. The van der Waals surface area contributed by atoms with Crippen LogP contribution in [0.5, 0.6) is 0 Å². The van der Waals surface area contributed by atoms with Gasteiger partial charge in [0, 0.05) is 43.4 Å². The minimum absolute atomic E-state index is 0.311. The van der Waals surface area contributed by atoms with E-state index in [0.717, 1.165) is 36.9 Å². The lowest BCUT2D eigenvalue weighted by molar-refractivity contribution is 0.0469. The molecule has 0 aliphatic carbocycles. The molecule has 0 amide bonds. The van der Waals surface area contributed by atoms with Crippen molar-refractivity contribution < 1.29 is 4.74 Å². The summed E-state index contributed by atoms with van der Waals surface area (Å²) in [4.78, 5) is 4.39. The van der Waals surface area contributed by atoms with Crippen molar-refractivity contribution in [2.45, 2.75) is 25.5 Å². The van der Waals surface area contributed by atoms with Crippen molar-refractivity contribution in [1.82, 2.24) is 14.9 Å². The van der Waals surface area contributed by atoms with E-state index in [1.807, 2.05) is 31.2 Å². The van der Waals surface area contributed by atoms with Crippen molar-refractivity contribution in [3.05, 3.63) is 18.2 Å². The maximum Gasteiger partial charge on any atom is 0.110 e. The molecule has 1 fully saturated rings. The molecular weight excluding hydrogens is 234 g/mol. The van der Waals surface area contributed by atoms with E-state index in [1.165, 1.54) is 0 Å². The molecule has 2 atom stereocenters. The number of imidazole rings is 1. The Kier molecular flexibility index (Phi) is 4.88. The molecule has 96 valence electrons. The van der Waals surface area contributed by atoms with Crippen LogP contribution in [0.3, 0.4) is 0 Å². The first-order valence-electron chi connectivity index (χ1n) is 6.20. The normalized spacial score (nSPS) is 22.6. The highest BCUT2D eigenvalue weighted by Crippen LogP contribution is 2.17. The molecule has 2 heterocycles. The van der Waals surface area contributed by atoms with E-state index >= 15 is 0 Å². The summed E-state index contributed by atoms with van der Waals surface area (Å²) in [5.41, 5.74) is 0. The first-order chi connectivity index (χ1) is 8.31. The van der Waals surface area contributed by atoms with Crippen molar-refractivity contribution in [2.75, 3.05) is 24.7 Å². The Morgan fingerprint density at radius 1 is 1.71 bits per heavy atom. The lowest BCUT2D eigenvalue weighted by atomic mass is 10.1. The van der Waals surface area contributed by atoms with Gasteiger partial charge in [-0.05, 0) is 6.54 Å². The second kappa shape index (κ2) is 6.42. The van der Waals surface area contributed by atoms with Crippen molar-refractivity contribution in [2.24, 2.45) is 7.05 Å². The van der Waals surface area contributed by atoms with Crippen LogP contribution in [0.4, 0.5) is 0 Å². The molecule has 0 aromatic carbocycles. The van der Waals surface area contributed by atoms with Crippen LogP contribution in [0.1, 0.15) is 12.7 Å². The Balaban J connectivity index is 1.98. The smallest absolute Gasteiger partial charge is 0.110 e. The highest BCUT2D eigenvalue weighted by Gasteiger charge is 2.25. The molecule has 1 N–H and O–H groups in total. The van der Waals surface area contributed by atoms with Gasteiger partial charge >= 0.3 is 0 Å². The van der Waals surface area contributed by atoms with Crippen LogP contribution in [0.2, 0.25) is 0 Å². The molecule has 1 saturated heterocycles. The summed E-state index contributed by atoms with van der Waals surface area (Å²) >= 11 is 1.98. The summed E-state index contributed by atoms with van der Waals surface area (Å²) in [6, 6.07) is 0.369. The van der Waals surface area contributed by atoms with Gasteiger partial charge in [0.25, 0.3) is 0 Å². The molecular formula is C12H21N3OS. The van der Waals surface area contributed by atoms with Gasteiger partial charge in [-0.2, -0.15) is 11.8 Å². The number of hydrogen-bond donors (Lipinski definition) is 1. The Bertz CT molecular complexity index is 336. The molecule has 1 aliphatic heterocycles. The number of aryl methyl sites for hydroxylation is 1. The fraction of sp³-hybridized carbons (Fsp3) is 0.750. The van der Waals surface area contributed by atoms with Gasteiger partial charge in [-0.25, -0.2) is 4.98 Å². The predicted octanol–water partition coefficient (Wildman–Crippen LogP) is 1.07. The number of ether oxygens (including phenoxy) is 1. The van der Waals surface area contributed by atoms with E-state index < -0.39 is 0 Å². The number of rotatable bonds is 5. The van der Waals surface area contributed by atoms with E-state index in [1.54, 1.807) is 0 Å². The highest BCUT2D eigenvalue weighted by molar-refractivity contribution is 7.99. The van der Waals surface area contributed by atoms with Crippen molar-refractivity contribution >= 4 is 11.8 Å². The van der Waals surface area contributed by atoms with E-state index in [0.29, 0.717) is 12.1 Å². The van der Waals surface area contributed by atoms with Crippen molar-refractivity contribution in [3.8, 4) is 0 Å². The zero-order valence-corrected chi connectivity index (χ0v) is 11.4. The molecule has 0 bridgehead atoms. The molecule has 0 radical (unpaired) electrons. The lowest BCUT2D eigenvalue weighted by Crippen LogP contribution is -2.46. The Morgan fingerprint density at radius 3 is 3.18 bits per heavy atom. The lowest BCUT2D eigenvalue weighted by Gasteiger charge is -2.30. The van der Waals surface area contributed by atoms with Crippen LogP contribution in [0.25, 0.3) is 0 Å². The Morgan fingerprint density at radius 2 is 2.59 bits per heavy atom. The fourth-order valence-corrected chi connectivity index (χ4v) is 3.07. The first-order valence-corrected chi connectivity index (χ1v) is 7.35. The van der Waals surface area contributed by atoms with Crippen LogP contribution in [-0.4, -0.2) is 46.4 Å². The van der Waals surface area contributed by atoms with Gasteiger partial charge in [0.05, 0.1) is 12.7 Å². The maximum absolute atomic E-state index is 5.86. The third-order valence-corrected chi connectivity index (χ3v) is 4.10. The van der Waals surface area contributed by atoms with Crippen LogP contribution in [0.15, 0.2) is 12.4 Å². The van der Waals surface area contributed by atoms with Crippen molar-refractivity contribution in [1.29, 1.82) is 0 Å². The maximum atomic E-state index is 5.86. The van der Waals surface area contributed by atoms with Gasteiger partial charge in [-0.3, -0.25) is 0 Å². The van der Waals surface area contributed by atoms with Crippen LogP contribution in [0, 0.1) is 0 Å². The van der Waals surface area contributed by atoms with E-state index in [-0.39, 0.29) is 0 Å². The SMILES string of the molecule is CCNC(Cc1nccn1C)C1CSCCO1. The summed E-state index contributed by atoms with van der Waals surface area (Å²) in [7, 11) is 2.04. The zero-order valence-electron chi connectivity index (χ0n) is 10.6. The first kappa shape index (κ1) is 12.9. The molecule has 17 heavy (non-hydrogen) atoms. The van der Waals surface area contributed by atoms with Gasteiger partial charge < -0.3 is 14.6 Å². The topological polar surface area (TPSA) is 39.1 Å². The Hall–Kier alpha value is -0.520. The second-order valence-corrected chi connectivity index (χ2v) is 5.46. The molecule has 0 spiro atoms. The average molecular weight is 255 g/mol. The highest BCUT2D eigenvalue weighted by atomic mass is 32.2. The second-order valence-electron chi connectivity index (χ2n) is 4.31. The summed E-state index contributed by atoms with van der Waals surface area (Å²) in [6.07, 6.45) is 5.09. The van der Waals surface area contributed by atoms with E-state index in [2.05, 4.69) is 21.8 Å². The monoisotopic (exact) mass is 255 g/mol. The predicted molar refractivity (Wildman–Crippen MR) is 71.4 cm³/mol. The summed E-state index contributed by atoms with van der Waals surface area (Å²) in [6.45, 7) is 3.98. The third kappa shape index (κ3) is 3.47. The number of likely N-dealkylation sites (N-methyl/N-ethyl adjacent to an activating group) is 1. The van der Waals surface area contributed by atoms with Gasteiger partial charge in [0.1, 0.15) is 5.82 Å². The number of aromatic nitrogens is 2.